The Hall–Kier alpha value is -0.120. The monoisotopic (exact) mass is 225 g/mol. The quantitative estimate of drug-likeness (QED) is 0.779. The van der Waals surface area contributed by atoms with Crippen LogP contribution in [0.25, 0.3) is 0 Å². The van der Waals surface area contributed by atoms with Gasteiger partial charge in [0.05, 0.1) is 0 Å². The second-order valence-electron chi connectivity index (χ2n) is 5.63. The zero-order valence-electron chi connectivity index (χ0n) is 10.7. The van der Waals surface area contributed by atoms with Gasteiger partial charge in [-0.1, -0.05) is 13.3 Å². The van der Waals surface area contributed by atoms with Crippen LogP contribution in [-0.2, 0) is 0 Å². The van der Waals surface area contributed by atoms with E-state index in [4.69, 9.17) is 5.73 Å². The van der Waals surface area contributed by atoms with E-state index in [1.807, 2.05) is 0 Å². The number of piperidine rings is 1. The molecular weight excluding hydrogens is 198 g/mol. The Labute approximate surface area is 100.0 Å². The van der Waals surface area contributed by atoms with Gasteiger partial charge in [0, 0.05) is 32.2 Å². The van der Waals surface area contributed by atoms with Crippen molar-refractivity contribution in [3.05, 3.63) is 0 Å². The average Bonchev–Trinajstić information content (AvgIpc) is 2.29. The Morgan fingerprint density at radius 1 is 1.25 bits per heavy atom. The minimum Gasteiger partial charge on any atom is -0.330 e. The average molecular weight is 225 g/mol. The third kappa shape index (κ3) is 3.19. The third-order valence-corrected chi connectivity index (χ3v) is 4.15. The van der Waals surface area contributed by atoms with Crippen molar-refractivity contribution >= 4 is 0 Å². The first-order chi connectivity index (χ1) is 7.79. The van der Waals surface area contributed by atoms with Crippen LogP contribution in [-0.4, -0.2) is 55.1 Å². The molecule has 94 valence electrons. The maximum absolute atomic E-state index is 5.61. The van der Waals surface area contributed by atoms with Gasteiger partial charge in [-0.15, -0.1) is 0 Å². The summed E-state index contributed by atoms with van der Waals surface area (Å²) in [5, 5.41) is 0. The molecular formula is C13H27N3. The van der Waals surface area contributed by atoms with E-state index in [-0.39, 0.29) is 0 Å². The Bertz CT molecular complexity index is 207. The largest absolute Gasteiger partial charge is 0.330 e. The molecule has 2 aliphatic rings. The fourth-order valence-electron chi connectivity index (χ4n) is 3.20. The summed E-state index contributed by atoms with van der Waals surface area (Å²) >= 11 is 0. The highest BCUT2D eigenvalue weighted by molar-refractivity contribution is 4.85. The van der Waals surface area contributed by atoms with Gasteiger partial charge in [0.15, 0.2) is 0 Å². The van der Waals surface area contributed by atoms with Gasteiger partial charge in [0.2, 0.25) is 0 Å². The van der Waals surface area contributed by atoms with Crippen LogP contribution < -0.4 is 5.73 Å². The minimum absolute atomic E-state index is 0.764. The molecule has 2 heterocycles. The predicted octanol–water partition coefficient (Wildman–Crippen LogP) is 1.14. The topological polar surface area (TPSA) is 32.5 Å². The molecule has 0 amide bonds. The Balaban J connectivity index is 1.76. The molecule has 0 aromatic rings. The summed E-state index contributed by atoms with van der Waals surface area (Å²) in [6.45, 7) is 9.63. The number of fused-ring (bicyclic) bond motifs is 1. The van der Waals surface area contributed by atoms with E-state index >= 15 is 0 Å². The molecule has 0 spiro atoms. The molecule has 0 bridgehead atoms. The summed E-state index contributed by atoms with van der Waals surface area (Å²) in [4.78, 5) is 5.36. The minimum atomic E-state index is 0.764. The fourth-order valence-corrected chi connectivity index (χ4v) is 3.20. The first-order valence-electron chi connectivity index (χ1n) is 6.96. The summed E-state index contributed by atoms with van der Waals surface area (Å²) in [7, 11) is 0. The summed E-state index contributed by atoms with van der Waals surface area (Å²) in [6, 6.07) is 0.854. The van der Waals surface area contributed by atoms with Gasteiger partial charge in [-0.25, -0.2) is 0 Å². The third-order valence-electron chi connectivity index (χ3n) is 4.15. The maximum atomic E-state index is 5.61. The van der Waals surface area contributed by atoms with Crippen molar-refractivity contribution in [3.63, 3.8) is 0 Å². The molecule has 2 unspecified atom stereocenters. The van der Waals surface area contributed by atoms with Crippen molar-refractivity contribution in [1.29, 1.82) is 0 Å². The van der Waals surface area contributed by atoms with Gasteiger partial charge >= 0.3 is 0 Å². The van der Waals surface area contributed by atoms with Crippen molar-refractivity contribution in [3.8, 4) is 0 Å². The molecule has 3 nitrogen and oxygen atoms in total. The first kappa shape index (κ1) is 12.3. The Morgan fingerprint density at radius 3 is 2.94 bits per heavy atom. The molecule has 0 aliphatic carbocycles. The van der Waals surface area contributed by atoms with Crippen molar-refractivity contribution in [2.24, 2.45) is 11.7 Å². The molecule has 0 aromatic heterocycles. The lowest BCUT2D eigenvalue weighted by Crippen LogP contribution is -2.55. The fraction of sp³-hybridized carbons (Fsp3) is 1.00. The van der Waals surface area contributed by atoms with Gasteiger partial charge in [0.1, 0.15) is 0 Å². The molecule has 2 saturated heterocycles. The molecule has 0 saturated carbocycles. The normalized spacial score (nSPS) is 30.0. The van der Waals surface area contributed by atoms with Crippen LogP contribution in [0, 0.1) is 5.92 Å². The van der Waals surface area contributed by atoms with Crippen molar-refractivity contribution in [2.75, 3.05) is 39.3 Å². The van der Waals surface area contributed by atoms with E-state index in [1.54, 1.807) is 0 Å². The standard InChI is InChI=1S/C13H27N3/c1-12(5-6-14)10-15-8-9-16-7-3-2-4-13(16)11-15/h12-13H,2-11,14H2,1H3. The number of piperazine rings is 1. The smallest absolute Gasteiger partial charge is 0.0223 e. The van der Waals surface area contributed by atoms with E-state index in [1.165, 1.54) is 58.4 Å². The molecule has 16 heavy (non-hydrogen) atoms. The van der Waals surface area contributed by atoms with Crippen molar-refractivity contribution in [2.45, 2.75) is 38.6 Å². The predicted molar refractivity (Wildman–Crippen MR) is 68.5 cm³/mol. The zero-order chi connectivity index (χ0) is 11.4. The summed E-state index contributed by atoms with van der Waals surface area (Å²) in [5.74, 6) is 0.764. The highest BCUT2D eigenvalue weighted by atomic mass is 15.3. The second kappa shape index (κ2) is 5.99. The van der Waals surface area contributed by atoms with E-state index in [2.05, 4.69) is 16.7 Å². The highest BCUT2D eigenvalue weighted by Crippen LogP contribution is 2.21. The molecule has 2 rings (SSSR count). The van der Waals surface area contributed by atoms with Crippen LogP contribution in [0.3, 0.4) is 0 Å². The van der Waals surface area contributed by atoms with E-state index in [0.717, 1.165) is 18.5 Å². The van der Waals surface area contributed by atoms with E-state index in [0.29, 0.717) is 0 Å². The van der Waals surface area contributed by atoms with E-state index < -0.39 is 0 Å². The first-order valence-corrected chi connectivity index (χ1v) is 6.96. The van der Waals surface area contributed by atoms with Crippen LogP contribution in [0.2, 0.25) is 0 Å². The summed E-state index contributed by atoms with van der Waals surface area (Å²) in [6.07, 6.45) is 5.44. The molecule has 0 aromatic carbocycles. The lowest BCUT2D eigenvalue weighted by Gasteiger charge is -2.44. The number of hydrogen-bond donors (Lipinski definition) is 1. The lowest BCUT2D eigenvalue weighted by atomic mass is 9.98. The van der Waals surface area contributed by atoms with Crippen LogP contribution in [0.4, 0.5) is 0 Å². The number of hydrogen-bond acceptors (Lipinski definition) is 3. The van der Waals surface area contributed by atoms with Crippen LogP contribution in [0.5, 0.6) is 0 Å². The maximum Gasteiger partial charge on any atom is 0.0223 e. The van der Waals surface area contributed by atoms with Crippen LogP contribution >= 0.6 is 0 Å². The van der Waals surface area contributed by atoms with Gasteiger partial charge in [-0.3, -0.25) is 4.90 Å². The molecule has 2 aliphatic heterocycles. The van der Waals surface area contributed by atoms with E-state index in [9.17, 15) is 0 Å². The number of nitrogens with zero attached hydrogens (tertiary/aromatic N) is 2. The lowest BCUT2D eigenvalue weighted by molar-refractivity contribution is 0.0426. The molecule has 2 atom stereocenters. The van der Waals surface area contributed by atoms with Crippen LogP contribution in [0.15, 0.2) is 0 Å². The number of rotatable bonds is 4. The van der Waals surface area contributed by atoms with Gasteiger partial charge in [-0.2, -0.15) is 0 Å². The second-order valence-corrected chi connectivity index (χ2v) is 5.63. The zero-order valence-corrected chi connectivity index (χ0v) is 10.7. The van der Waals surface area contributed by atoms with Gasteiger partial charge in [0.25, 0.3) is 0 Å². The van der Waals surface area contributed by atoms with Crippen LogP contribution in [0.1, 0.15) is 32.6 Å². The molecule has 3 heteroatoms. The molecule has 2 N–H and O–H groups in total. The summed E-state index contributed by atoms with van der Waals surface area (Å²) < 4.78 is 0. The molecule has 2 fully saturated rings. The molecule has 0 radical (unpaired) electrons. The number of nitrogens with two attached hydrogens (primary N) is 1. The Kier molecular flexibility index (Phi) is 4.62. The summed E-state index contributed by atoms with van der Waals surface area (Å²) in [5.41, 5.74) is 5.61. The van der Waals surface area contributed by atoms with Crippen molar-refractivity contribution in [1.82, 2.24) is 9.80 Å². The Morgan fingerprint density at radius 2 is 2.12 bits per heavy atom. The van der Waals surface area contributed by atoms with Crippen molar-refractivity contribution < 1.29 is 0 Å². The van der Waals surface area contributed by atoms with Gasteiger partial charge < -0.3 is 10.6 Å². The van der Waals surface area contributed by atoms with Gasteiger partial charge in [-0.05, 0) is 38.3 Å². The SMILES string of the molecule is CC(CCN)CN1CCN2CCCCC2C1. The highest BCUT2D eigenvalue weighted by Gasteiger charge is 2.28.